The van der Waals surface area contributed by atoms with Crippen molar-refractivity contribution < 1.29 is 18.0 Å². The Morgan fingerprint density at radius 2 is 1.72 bits per heavy atom. The normalized spacial score (nSPS) is 12.4. The first-order valence-electron chi connectivity index (χ1n) is 5.53. The van der Waals surface area contributed by atoms with Crippen LogP contribution in [0.4, 0.5) is 18.9 Å². The molecule has 0 fully saturated rings. The molecule has 0 saturated heterocycles. The molecule has 0 saturated carbocycles. The SMILES string of the molecule is CC(C)NC(=O)C(C)Nc1ccc(F)c(F)c1F. The van der Waals surface area contributed by atoms with E-state index < -0.39 is 23.5 Å². The fourth-order valence-corrected chi connectivity index (χ4v) is 1.35. The lowest BCUT2D eigenvalue weighted by Gasteiger charge is -2.17. The number of rotatable bonds is 4. The van der Waals surface area contributed by atoms with Gasteiger partial charge in [-0.2, -0.15) is 0 Å². The van der Waals surface area contributed by atoms with Crippen molar-refractivity contribution in [1.29, 1.82) is 0 Å². The van der Waals surface area contributed by atoms with Crippen LogP contribution in [0.1, 0.15) is 20.8 Å². The molecule has 3 nitrogen and oxygen atoms in total. The first-order chi connectivity index (χ1) is 8.32. The molecule has 0 heterocycles. The number of carbonyl (C=O) groups is 1. The minimum atomic E-state index is -1.56. The lowest BCUT2D eigenvalue weighted by Crippen LogP contribution is -2.41. The maximum atomic E-state index is 13.3. The van der Waals surface area contributed by atoms with Crippen molar-refractivity contribution in [2.75, 3.05) is 5.32 Å². The molecule has 1 atom stereocenters. The van der Waals surface area contributed by atoms with E-state index in [9.17, 15) is 18.0 Å². The van der Waals surface area contributed by atoms with Crippen LogP contribution in [0, 0.1) is 17.5 Å². The van der Waals surface area contributed by atoms with Crippen LogP contribution in [0.5, 0.6) is 0 Å². The van der Waals surface area contributed by atoms with Crippen LogP contribution in [0.25, 0.3) is 0 Å². The molecule has 0 aliphatic carbocycles. The van der Waals surface area contributed by atoms with Crippen LogP contribution >= 0.6 is 0 Å². The number of anilines is 1. The summed E-state index contributed by atoms with van der Waals surface area (Å²) < 4.78 is 39.0. The number of hydrogen-bond donors (Lipinski definition) is 2. The third-order valence-corrected chi connectivity index (χ3v) is 2.23. The zero-order valence-corrected chi connectivity index (χ0v) is 10.4. The fourth-order valence-electron chi connectivity index (χ4n) is 1.35. The molecule has 0 spiro atoms. The van der Waals surface area contributed by atoms with E-state index in [0.717, 1.165) is 12.1 Å². The Morgan fingerprint density at radius 1 is 1.11 bits per heavy atom. The van der Waals surface area contributed by atoms with Crippen molar-refractivity contribution in [2.24, 2.45) is 0 Å². The molecular formula is C12H15F3N2O. The standard InChI is InChI=1S/C12H15F3N2O/c1-6(2)16-12(18)7(3)17-9-5-4-8(13)10(14)11(9)15/h4-7,17H,1-3H3,(H,16,18). The summed E-state index contributed by atoms with van der Waals surface area (Å²) in [5, 5.41) is 5.11. The Morgan fingerprint density at radius 3 is 2.28 bits per heavy atom. The first-order valence-corrected chi connectivity index (χ1v) is 5.53. The van der Waals surface area contributed by atoms with E-state index in [1.807, 2.05) is 0 Å². The Kier molecular flexibility index (Phi) is 4.58. The second kappa shape index (κ2) is 5.75. The number of amides is 1. The summed E-state index contributed by atoms with van der Waals surface area (Å²) in [6.45, 7) is 5.06. The number of carbonyl (C=O) groups excluding carboxylic acids is 1. The minimum Gasteiger partial charge on any atom is -0.371 e. The summed E-state index contributed by atoms with van der Waals surface area (Å²) in [5.74, 6) is -4.51. The predicted molar refractivity (Wildman–Crippen MR) is 62.7 cm³/mol. The zero-order chi connectivity index (χ0) is 13.9. The fraction of sp³-hybridized carbons (Fsp3) is 0.417. The van der Waals surface area contributed by atoms with Crippen molar-refractivity contribution >= 4 is 11.6 Å². The van der Waals surface area contributed by atoms with Gasteiger partial charge in [-0.05, 0) is 32.9 Å². The second-order valence-electron chi connectivity index (χ2n) is 4.25. The largest absolute Gasteiger partial charge is 0.371 e. The molecule has 1 rings (SSSR count). The molecule has 100 valence electrons. The lowest BCUT2D eigenvalue weighted by atomic mass is 10.2. The number of halogens is 3. The molecule has 0 radical (unpaired) electrons. The van der Waals surface area contributed by atoms with E-state index in [1.54, 1.807) is 13.8 Å². The van der Waals surface area contributed by atoms with Gasteiger partial charge in [-0.25, -0.2) is 13.2 Å². The molecule has 0 aliphatic heterocycles. The summed E-state index contributed by atoms with van der Waals surface area (Å²) in [6.07, 6.45) is 0. The topological polar surface area (TPSA) is 41.1 Å². The van der Waals surface area contributed by atoms with Gasteiger partial charge < -0.3 is 10.6 Å². The molecular weight excluding hydrogens is 245 g/mol. The average molecular weight is 260 g/mol. The maximum Gasteiger partial charge on any atom is 0.242 e. The van der Waals surface area contributed by atoms with Crippen LogP contribution in [0.3, 0.4) is 0 Å². The van der Waals surface area contributed by atoms with Crippen LogP contribution in [0.15, 0.2) is 12.1 Å². The average Bonchev–Trinajstić information content (AvgIpc) is 2.29. The summed E-state index contributed by atoms with van der Waals surface area (Å²) in [6, 6.07) is 1.03. The van der Waals surface area contributed by atoms with Crippen LogP contribution < -0.4 is 10.6 Å². The number of hydrogen-bond acceptors (Lipinski definition) is 2. The number of benzene rings is 1. The highest BCUT2D eigenvalue weighted by Gasteiger charge is 2.18. The molecule has 1 amide bonds. The quantitative estimate of drug-likeness (QED) is 0.816. The van der Waals surface area contributed by atoms with Gasteiger partial charge in [0.15, 0.2) is 17.5 Å². The maximum absolute atomic E-state index is 13.3. The number of nitrogens with one attached hydrogen (secondary N) is 2. The third kappa shape index (κ3) is 3.38. The minimum absolute atomic E-state index is 0.0587. The van der Waals surface area contributed by atoms with Gasteiger partial charge in [0.1, 0.15) is 6.04 Å². The molecule has 0 aliphatic rings. The van der Waals surface area contributed by atoms with Crippen molar-refractivity contribution in [1.82, 2.24) is 5.32 Å². The zero-order valence-electron chi connectivity index (χ0n) is 10.4. The van der Waals surface area contributed by atoms with Gasteiger partial charge in [-0.3, -0.25) is 4.79 Å². The summed E-state index contributed by atoms with van der Waals surface area (Å²) in [4.78, 5) is 11.6. The van der Waals surface area contributed by atoms with Gasteiger partial charge in [0.2, 0.25) is 5.91 Å². The molecule has 2 N–H and O–H groups in total. The molecule has 1 aromatic rings. The van der Waals surface area contributed by atoms with Gasteiger partial charge in [0.05, 0.1) is 5.69 Å². The van der Waals surface area contributed by atoms with Gasteiger partial charge in [0, 0.05) is 6.04 Å². The van der Waals surface area contributed by atoms with Gasteiger partial charge >= 0.3 is 0 Å². The monoisotopic (exact) mass is 260 g/mol. The summed E-state index contributed by atoms with van der Waals surface area (Å²) in [7, 11) is 0. The van der Waals surface area contributed by atoms with Crippen molar-refractivity contribution in [3.8, 4) is 0 Å². The Bertz CT molecular complexity index is 449. The van der Waals surface area contributed by atoms with E-state index in [4.69, 9.17) is 0 Å². The summed E-state index contributed by atoms with van der Waals surface area (Å²) in [5.41, 5.74) is -0.250. The predicted octanol–water partition coefficient (Wildman–Crippen LogP) is 2.43. The first kappa shape index (κ1) is 14.3. The van der Waals surface area contributed by atoms with E-state index in [2.05, 4.69) is 10.6 Å². The Balaban J connectivity index is 2.79. The van der Waals surface area contributed by atoms with E-state index in [-0.39, 0.29) is 17.6 Å². The molecule has 0 aromatic heterocycles. The summed E-state index contributed by atoms with van der Waals surface area (Å²) >= 11 is 0. The van der Waals surface area contributed by atoms with Gasteiger partial charge in [-0.15, -0.1) is 0 Å². The van der Waals surface area contributed by atoms with Crippen molar-refractivity contribution in [3.05, 3.63) is 29.6 Å². The van der Waals surface area contributed by atoms with Gasteiger partial charge in [-0.1, -0.05) is 0 Å². The van der Waals surface area contributed by atoms with Crippen molar-refractivity contribution in [3.63, 3.8) is 0 Å². The molecule has 6 heteroatoms. The van der Waals surface area contributed by atoms with Crippen LogP contribution in [0.2, 0.25) is 0 Å². The van der Waals surface area contributed by atoms with E-state index in [0.29, 0.717) is 0 Å². The molecule has 1 unspecified atom stereocenters. The van der Waals surface area contributed by atoms with Gasteiger partial charge in [0.25, 0.3) is 0 Å². The lowest BCUT2D eigenvalue weighted by molar-refractivity contribution is -0.122. The highest BCUT2D eigenvalue weighted by molar-refractivity contribution is 5.84. The van der Waals surface area contributed by atoms with E-state index >= 15 is 0 Å². The molecule has 1 aromatic carbocycles. The third-order valence-electron chi connectivity index (χ3n) is 2.23. The van der Waals surface area contributed by atoms with Crippen LogP contribution in [-0.2, 0) is 4.79 Å². The second-order valence-corrected chi connectivity index (χ2v) is 4.25. The molecule has 18 heavy (non-hydrogen) atoms. The molecule has 0 bridgehead atoms. The highest BCUT2D eigenvalue weighted by atomic mass is 19.2. The smallest absolute Gasteiger partial charge is 0.242 e. The van der Waals surface area contributed by atoms with Crippen LogP contribution in [-0.4, -0.2) is 18.0 Å². The highest BCUT2D eigenvalue weighted by Crippen LogP contribution is 2.20. The Labute approximate surface area is 103 Å². The Hall–Kier alpha value is -1.72. The van der Waals surface area contributed by atoms with E-state index in [1.165, 1.54) is 6.92 Å². The van der Waals surface area contributed by atoms with Crippen molar-refractivity contribution in [2.45, 2.75) is 32.9 Å².